The number of aromatic nitrogens is 2. The van der Waals surface area contributed by atoms with Crippen molar-refractivity contribution in [3.8, 4) is 0 Å². The molecule has 0 amide bonds. The summed E-state index contributed by atoms with van der Waals surface area (Å²) in [5, 5.41) is 9.63. The largest absolute Gasteiger partial charge is 0.481 e. The summed E-state index contributed by atoms with van der Waals surface area (Å²) in [6.07, 6.45) is 7.50. The number of aliphatic carboxylic acids is 1. The highest BCUT2D eigenvalue weighted by Crippen LogP contribution is 2.34. The zero-order chi connectivity index (χ0) is 16.0. The van der Waals surface area contributed by atoms with E-state index in [2.05, 4.69) is 21.0 Å². The van der Waals surface area contributed by atoms with Gasteiger partial charge < -0.3 is 14.4 Å². The Bertz CT molecular complexity index is 514. The second-order valence-electron chi connectivity index (χ2n) is 5.96. The van der Waals surface area contributed by atoms with Crippen molar-refractivity contribution in [2.45, 2.75) is 32.4 Å². The van der Waals surface area contributed by atoms with E-state index in [4.69, 9.17) is 4.74 Å². The molecule has 0 spiro atoms. The highest BCUT2D eigenvalue weighted by Gasteiger charge is 2.41. The molecule has 2 heterocycles. The molecular formula is C16H25N3O3. The third kappa shape index (κ3) is 3.75. The van der Waals surface area contributed by atoms with Gasteiger partial charge in [-0.1, -0.05) is 6.08 Å². The molecule has 1 saturated heterocycles. The fourth-order valence-corrected chi connectivity index (χ4v) is 3.17. The van der Waals surface area contributed by atoms with Gasteiger partial charge >= 0.3 is 5.97 Å². The molecule has 0 aromatic carbocycles. The van der Waals surface area contributed by atoms with Crippen molar-refractivity contribution in [2.24, 2.45) is 5.41 Å². The molecule has 0 unspecified atom stereocenters. The molecule has 2 rings (SSSR count). The maximum atomic E-state index is 11.7. The predicted molar refractivity (Wildman–Crippen MR) is 83.5 cm³/mol. The van der Waals surface area contributed by atoms with Crippen molar-refractivity contribution >= 4 is 5.97 Å². The molecule has 1 aliphatic rings. The van der Waals surface area contributed by atoms with Gasteiger partial charge in [0.05, 0.1) is 24.0 Å². The van der Waals surface area contributed by atoms with Crippen molar-refractivity contribution in [3.63, 3.8) is 0 Å². The summed E-state index contributed by atoms with van der Waals surface area (Å²) in [7, 11) is 1.68. The number of hydrogen-bond acceptors (Lipinski definition) is 4. The Balaban J connectivity index is 2.05. The molecular weight excluding hydrogens is 282 g/mol. The number of rotatable bonds is 8. The standard InChI is InChI=1S/C16H25N3O3/c1-3-5-16(15(20)21)6-4-7-18(12-16)11-14-10-17-13-19(14)8-9-22-2/h3,10,13H,1,4-9,11-12H2,2H3,(H,20,21)/t16-/m1/s1. The molecule has 6 heteroatoms. The van der Waals surface area contributed by atoms with Crippen LogP contribution in [-0.2, 0) is 22.6 Å². The first-order chi connectivity index (χ1) is 10.6. The first-order valence-corrected chi connectivity index (χ1v) is 7.66. The van der Waals surface area contributed by atoms with Gasteiger partial charge in [0, 0.05) is 32.9 Å². The second kappa shape index (κ2) is 7.56. The van der Waals surface area contributed by atoms with Gasteiger partial charge in [0.25, 0.3) is 0 Å². The zero-order valence-corrected chi connectivity index (χ0v) is 13.2. The van der Waals surface area contributed by atoms with Crippen LogP contribution in [0.4, 0.5) is 0 Å². The zero-order valence-electron chi connectivity index (χ0n) is 13.2. The van der Waals surface area contributed by atoms with Crippen molar-refractivity contribution in [3.05, 3.63) is 30.9 Å². The van der Waals surface area contributed by atoms with E-state index in [-0.39, 0.29) is 0 Å². The summed E-state index contributed by atoms with van der Waals surface area (Å²) in [5.74, 6) is -0.718. The second-order valence-corrected chi connectivity index (χ2v) is 5.96. The van der Waals surface area contributed by atoms with Crippen LogP contribution in [0.5, 0.6) is 0 Å². The van der Waals surface area contributed by atoms with Crippen LogP contribution in [0.15, 0.2) is 25.2 Å². The quantitative estimate of drug-likeness (QED) is 0.741. The lowest BCUT2D eigenvalue weighted by Crippen LogP contribution is -2.47. The Kier molecular flexibility index (Phi) is 5.74. The third-order valence-corrected chi connectivity index (χ3v) is 4.37. The fraction of sp³-hybridized carbons (Fsp3) is 0.625. The van der Waals surface area contributed by atoms with E-state index in [1.165, 1.54) is 0 Å². The summed E-state index contributed by atoms with van der Waals surface area (Å²) in [6, 6.07) is 0. The Labute approximate surface area is 131 Å². The minimum atomic E-state index is -0.718. The Morgan fingerprint density at radius 2 is 2.45 bits per heavy atom. The van der Waals surface area contributed by atoms with Crippen LogP contribution in [0.2, 0.25) is 0 Å². The molecule has 1 aromatic heterocycles. The summed E-state index contributed by atoms with van der Waals surface area (Å²) in [5.41, 5.74) is 0.397. The van der Waals surface area contributed by atoms with E-state index in [9.17, 15) is 9.90 Å². The first kappa shape index (κ1) is 16.7. The average molecular weight is 307 g/mol. The monoisotopic (exact) mass is 307 g/mol. The smallest absolute Gasteiger partial charge is 0.311 e. The Morgan fingerprint density at radius 3 is 3.14 bits per heavy atom. The van der Waals surface area contributed by atoms with Crippen molar-refractivity contribution in [1.82, 2.24) is 14.5 Å². The van der Waals surface area contributed by atoms with Gasteiger partial charge in [0.2, 0.25) is 0 Å². The lowest BCUT2D eigenvalue weighted by molar-refractivity contribution is -0.152. The maximum Gasteiger partial charge on any atom is 0.311 e. The van der Waals surface area contributed by atoms with Gasteiger partial charge in [-0.15, -0.1) is 6.58 Å². The number of likely N-dealkylation sites (tertiary alicyclic amines) is 1. The maximum absolute atomic E-state index is 11.7. The molecule has 1 aliphatic heterocycles. The number of piperidine rings is 1. The number of allylic oxidation sites excluding steroid dienone is 1. The molecule has 1 fully saturated rings. The van der Waals surface area contributed by atoms with E-state index < -0.39 is 11.4 Å². The molecule has 22 heavy (non-hydrogen) atoms. The van der Waals surface area contributed by atoms with Crippen LogP contribution >= 0.6 is 0 Å². The number of carbonyl (C=O) groups is 1. The molecule has 0 saturated carbocycles. The lowest BCUT2D eigenvalue weighted by atomic mass is 9.77. The summed E-state index contributed by atoms with van der Waals surface area (Å²) >= 11 is 0. The van der Waals surface area contributed by atoms with Gasteiger partial charge in [0.15, 0.2) is 0 Å². The molecule has 1 atom stereocenters. The van der Waals surface area contributed by atoms with Crippen molar-refractivity contribution in [1.29, 1.82) is 0 Å². The predicted octanol–water partition coefficient (Wildman–Crippen LogP) is 1.77. The Morgan fingerprint density at radius 1 is 1.64 bits per heavy atom. The van der Waals surface area contributed by atoms with Gasteiger partial charge in [0.1, 0.15) is 0 Å². The number of ether oxygens (including phenoxy) is 1. The van der Waals surface area contributed by atoms with Gasteiger partial charge in [-0.2, -0.15) is 0 Å². The van der Waals surface area contributed by atoms with Crippen LogP contribution in [0.25, 0.3) is 0 Å². The van der Waals surface area contributed by atoms with E-state index in [0.717, 1.165) is 31.7 Å². The Hall–Kier alpha value is -1.66. The molecule has 1 N–H and O–H groups in total. The molecule has 122 valence electrons. The molecule has 0 radical (unpaired) electrons. The fourth-order valence-electron chi connectivity index (χ4n) is 3.17. The number of nitrogens with zero attached hydrogens (tertiary/aromatic N) is 3. The average Bonchev–Trinajstić information content (AvgIpc) is 2.93. The van der Waals surface area contributed by atoms with Crippen LogP contribution < -0.4 is 0 Å². The van der Waals surface area contributed by atoms with Crippen LogP contribution in [0.3, 0.4) is 0 Å². The minimum Gasteiger partial charge on any atom is -0.481 e. The third-order valence-electron chi connectivity index (χ3n) is 4.37. The lowest BCUT2D eigenvalue weighted by Gasteiger charge is -2.39. The summed E-state index contributed by atoms with van der Waals surface area (Å²) in [6.45, 7) is 7.31. The number of carboxylic acids is 1. The van der Waals surface area contributed by atoms with Crippen molar-refractivity contribution in [2.75, 3.05) is 26.8 Å². The topological polar surface area (TPSA) is 67.6 Å². The van der Waals surface area contributed by atoms with Crippen LogP contribution in [0, 0.1) is 5.41 Å². The molecule has 1 aromatic rings. The summed E-state index contributed by atoms with van der Waals surface area (Å²) in [4.78, 5) is 18.1. The number of hydrogen-bond donors (Lipinski definition) is 1. The van der Waals surface area contributed by atoms with E-state index >= 15 is 0 Å². The van der Waals surface area contributed by atoms with E-state index in [0.29, 0.717) is 26.0 Å². The highest BCUT2D eigenvalue weighted by molar-refractivity contribution is 5.75. The first-order valence-electron chi connectivity index (χ1n) is 7.66. The number of methoxy groups -OCH3 is 1. The number of imidazole rings is 1. The molecule has 0 aliphatic carbocycles. The van der Waals surface area contributed by atoms with Crippen LogP contribution in [-0.4, -0.2) is 52.3 Å². The number of carboxylic acid groups (broad SMARTS) is 1. The van der Waals surface area contributed by atoms with E-state index in [1.54, 1.807) is 19.5 Å². The molecule has 6 nitrogen and oxygen atoms in total. The summed E-state index contributed by atoms with van der Waals surface area (Å²) < 4.78 is 7.17. The molecule has 0 bridgehead atoms. The normalized spacial score (nSPS) is 22.6. The van der Waals surface area contributed by atoms with Crippen LogP contribution in [0.1, 0.15) is 25.0 Å². The van der Waals surface area contributed by atoms with Gasteiger partial charge in [-0.05, 0) is 25.8 Å². The minimum absolute atomic E-state index is 0.516. The van der Waals surface area contributed by atoms with Gasteiger partial charge in [-0.25, -0.2) is 4.98 Å². The van der Waals surface area contributed by atoms with Crippen molar-refractivity contribution < 1.29 is 14.6 Å². The highest BCUT2D eigenvalue weighted by atomic mass is 16.5. The van der Waals surface area contributed by atoms with Gasteiger partial charge in [-0.3, -0.25) is 9.69 Å². The SMILES string of the molecule is C=CC[C@@]1(C(=O)O)CCCN(Cc2cncn2CCOC)C1. The van der Waals surface area contributed by atoms with E-state index in [1.807, 2.05) is 6.20 Å².